The average Bonchev–Trinajstić information content (AvgIpc) is 3.55. The van der Waals surface area contributed by atoms with E-state index in [0.29, 0.717) is 0 Å². The Bertz CT molecular complexity index is 2470. The summed E-state index contributed by atoms with van der Waals surface area (Å²) in [6.07, 6.45) is 0. The number of rotatable bonds is 8. The van der Waals surface area contributed by atoms with Crippen molar-refractivity contribution in [2.24, 2.45) is 0 Å². The number of nitrogens with zero attached hydrogens (tertiary/aromatic N) is 2. The number of hydrogen-bond donors (Lipinski definition) is 0. The van der Waals surface area contributed by atoms with Crippen molar-refractivity contribution in [1.29, 1.82) is 0 Å². The van der Waals surface area contributed by atoms with E-state index in [1.54, 1.807) is 0 Å². The molecule has 0 amide bonds. The van der Waals surface area contributed by atoms with Crippen molar-refractivity contribution in [3.63, 3.8) is 0 Å². The van der Waals surface area contributed by atoms with Crippen molar-refractivity contribution >= 4 is 67.7 Å². The van der Waals surface area contributed by atoms with E-state index in [2.05, 4.69) is 228 Å². The average molecular weight is 669 g/mol. The molecular weight excluding hydrogens is 633 g/mol. The molecular formula is C48H36N2Si. The highest BCUT2D eigenvalue weighted by atomic mass is 28.3. The number of para-hydroxylation sites is 4. The summed E-state index contributed by atoms with van der Waals surface area (Å²) in [5.41, 5.74) is 6.99. The smallest absolute Gasteiger partial charge is 0.179 e. The molecule has 1 aromatic heterocycles. The summed E-state index contributed by atoms with van der Waals surface area (Å²) in [5.74, 6) is 0. The Kier molecular flexibility index (Phi) is 7.88. The fourth-order valence-corrected chi connectivity index (χ4v) is 12.6. The van der Waals surface area contributed by atoms with Crippen LogP contribution in [-0.2, 0) is 0 Å². The normalized spacial score (nSPS) is 11.5. The maximum absolute atomic E-state index is 2.82. The van der Waals surface area contributed by atoms with Gasteiger partial charge in [-0.1, -0.05) is 158 Å². The lowest BCUT2D eigenvalue weighted by atomic mass is 10.1. The van der Waals surface area contributed by atoms with Crippen molar-refractivity contribution in [2.75, 3.05) is 4.90 Å². The molecule has 0 saturated heterocycles. The fraction of sp³-hybridized carbons (Fsp3) is 0. The minimum absolute atomic E-state index is 1.13. The largest absolute Gasteiger partial charge is 0.311 e. The van der Waals surface area contributed by atoms with E-state index >= 15 is 0 Å². The van der Waals surface area contributed by atoms with Gasteiger partial charge >= 0.3 is 0 Å². The lowest BCUT2D eigenvalue weighted by molar-refractivity contribution is 1.18. The second kappa shape index (κ2) is 13.1. The van der Waals surface area contributed by atoms with Gasteiger partial charge in [0.05, 0.1) is 11.0 Å². The molecule has 1 heterocycles. The molecule has 0 N–H and O–H groups in total. The highest BCUT2D eigenvalue weighted by Gasteiger charge is 2.41. The van der Waals surface area contributed by atoms with Crippen molar-refractivity contribution < 1.29 is 0 Å². The van der Waals surface area contributed by atoms with E-state index in [1.807, 2.05) is 0 Å². The molecule has 0 fully saturated rings. The highest BCUT2D eigenvalue weighted by Crippen LogP contribution is 2.35. The van der Waals surface area contributed by atoms with Crippen LogP contribution >= 0.6 is 0 Å². The van der Waals surface area contributed by atoms with Crippen LogP contribution in [-0.4, -0.2) is 12.6 Å². The predicted octanol–water partition coefficient (Wildman–Crippen LogP) is 9.63. The van der Waals surface area contributed by atoms with Gasteiger partial charge in [0.15, 0.2) is 8.07 Å². The van der Waals surface area contributed by atoms with Crippen LogP contribution in [0.1, 0.15) is 0 Å². The molecule has 242 valence electrons. The first-order valence-corrected chi connectivity index (χ1v) is 19.5. The van der Waals surface area contributed by atoms with Crippen LogP contribution in [0.5, 0.6) is 0 Å². The lowest BCUT2D eigenvalue weighted by Crippen LogP contribution is -2.74. The van der Waals surface area contributed by atoms with Gasteiger partial charge < -0.3 is 9.47 Å². The minimum atomic E-state index is -2.82. The van der Waals surface area contributed by atoms with Gasteiger partial charge in [-0.3, -0.25) is 0 Å². The third-order valence-electron chi connectivity index (χ3n) is 10.1. The number of fused-ring (bicyclic) bond motifs is 3. The molecule has 0 bridgehead atoms. The molecule has 0 aliphatic carbocycles. The van der Waals surface area contributed by atoms with Crippen LogP contribution in [0.2, 0.25) is 0 Å². The molecule has 8 aromatic carbocycles. The van der Waals surface area contributed by atoms with Gasteiger partial charge in [-0.25, -0.2) is 0 Å². The van der Waals surface area contributed by atoms with Gasteiger partial charge in [0.25, 0.3) is 0 Å². The molecule has 9 aromatic rings. The Hall–Kier alpha value is -6.42. The van der Waals surface area contributed by atoms with E-state index < -0.39 is 8.07 Å². The molecule has 0 atom stereocenters. The topological polar surface area (TPSA) is 8.17 Å². The molecule has 9 rings (SSSR count). The van der Waals surface area contributed by atoms with Crippen LogP contribution < -0.4 is 25.6 Å². The van der Waals surface area contributed by atoms with Gasteiger partial charge in [-0.05, 0) is 81.4 Å². The monoisotopic (exact) mass is 668 g/mol. The summed E-state index contributed by atoms with van der Waals surface area (Å²) in [6.45, 7) is 0. The predicted molar refractivity (Wildman–Crippen MR) is 219 cm³/mol. The molecule has 0 radical (unpaired) electrons. The third kappa shape index (κ3) is 5.27. The molecule has 0 saturated carbocycles. The summed E-state index contributed by atoms with van der Waals surface area (Å²) in [6, 6.07) is 79.8. The first-order valence-electron chi connectivity index (χ1n) is 17.5. The molecule has 3 heteroatoms. The van der Waals surface area contributed by atoms with Crippen molar-refractivity contribution in [2.45, 2.75) is 0 Å². The van der Waals surface area contributed by atoms with Crippen LogP contribution in [0, 0.1) is 0 Å². The number of hydrogen-bond acceptors (Lipinski definition) is 1. The van der Waals surface area contributed by atoms with E-state index in [9.17, 15) is 0 Å². The minimum Gasteiger partial charge on any atom is -0.311 e. The van der Waals surface area contributed by atoms with Crippen molar-refractivity contribution in [3.05, 3.63) is 218 Å². The maximum atomic E-state index is 2.50. The highest BCUT2D eigenvalue weighted by molar-refractivity contribution is 7.20. The van der Waals surface area contributed by atoms with E-state index in [0.717, 1.165) is 17.1 Å². The van der Waals surface area contributed by atoms with Gasteiger partial charge in [0, 0.05) is 33.5 Å². The molecule has 0 aliphatic heterocycles. The number of aromatic nitrogens is 1. The molecule has 0 unspecified atom stereocenters. The Morgan fingerprint density at radius 3 is 1.29 bits per heavy atom. The Morgan fingerprint density at radius 1 is 0.314 bits per heavy atom. The van der Waals surface area contributed by atoms with Crippen molar-refractivity contribution in [3.8, 4) is 5.69 Å². The van der Waals surface area contributed by atoms with Gasteiger partial charge in [0.2, 0.25) is 0 Å². The third-order valence-corrected chi connectivity index (χ3v) is 14.9. The van der Waals surface area contributed by atoms with E-state index in [4.69, 9.17) is 0 Å². The summed E-state index contributed by atoms with van der Waals surface area (Å²) < 4.78 is 2.40. The molecule has 0 spiro atoms. The molecule has 0 aliphatic rings. The van der Waals surface area contributed by atoms with Gasteiger partial charge in [-0.15, -0.1) is 0 Å². The quantitative estimate of drug-likeness (QED) is 0.116. The second-order valence-electron chi connectivity index (χ2n) is 13.0. The first-order chi connectivity index (χ1) is 25.3. The maximum Gasteiger partial charge on any atom is 0.179 e. The van der Waals surface area contributed by atoms with Crippen molar-refractivity contribution in [1.82, 2.24) is 4.57 Å². The van der Waals surface area contributed by atoms with Crippen LogP contribution in [0.25, 0.3) is 27.5 Å². The van der Waals surface area contributed by atoms with Crippen LogP contribution in [0.3, 0.4) is 0 Å². The zero-order valence-corrected chi connectivity index (χ0v) is 29.2. The Labute approximate surface area is 300 Å². The Morgan fingerprint density at radius 2 is 0.725 bits per heavy atom. The number of benzene rings is 8. The van der Waals surface area contributed by atoms with E-state index in [1.165, 1.54) is 48.2 Å². The SMILES string of the molecule is c1ccc(N(c2ccccc2)c2ccc([Si](c3ccccc3)(c3ccccc3)c3ccc4c(c3)c3ccccc3n4-c3ccccc3)cc2)cc1. The zero-order valence-electron chi connectivity index (χ0n) is 28.2. The second-order valence-corrected chi connectivity index (χ2v) is 16.8. The first kappa shape index (κ1) is 30.6. The summed E-state index contributed by atoms with van der Waals surface area (Å²) >= 11 is 0. The number of anilines is 3. The fourth-order valence-electron chi connectivity index (χ4n) is 7.90. The summed E-state index contributed by atoms with van der Waals surface area (Å²) in [7, 11) is -2.82. The summed E-state index contributed by atoms with van der Waals surface area (Å²) in [4.78, 5) is 2.34. The lowest BCUT2D eigenvalue weighted by Gasteiger charge is -2.35. The van der Waals surface area contributed by atoms with Gasteiger partial charge in [0.1, 0.15) is 0 Å². The van der Waals surface area contributed by atoms with Crippen LogP contribution in [0.15, 0.2) is 218 Å². The van der Waals surface area contributed by atoms with E-state index in [-0.39, 0.29) is 0 Å². The van der Waals surface area contributed by atoms with Crippen LogP contribution in [0.4, 0.5) is 17.1 Å². The Balaban J connectivity index is 1.30. The standard InChI is InChI=1S/C48H36N2Si/c1-6-18-37(19-7-1)49(38-20-8-2-9-21-38)40-30-32-43(33-31-40)51(41-24-12-4-13-25-41,42-26-14-5-15-27-42)44-34-35-48-46(36-44)45-28-16-17-29-47(45)50(48)39-22-10-3-11-23-39/h1-36H. The zero-order chi connectivity index (χ0) is 34.0. The summed E-state index contributed by atoms with van der Waals surface area (Å²) in [5, 5.41) is 7.96. The molecule has 51 heavy (non-hydrogen) atoms. The molecule has 2 nitrogen and oxygen atoms in total. The van der Waals surface area contributed by atoms with Gasteiger partial charge in [-0.2, -0.15) is 0 Å².